The predicted octanol–water partition coefficient (Wildman–Crippen LogP) is 1.91. The van der Waals surface area contributed by atoms with Crippen LogP contribution in [-0.2, 0) is 4.79 Å². The van der Waals surface area contributed by atoms with Gasteiger partial charge in [0.15, 0.2) is 11.4 Å². The van der Waals surface area contributed by atoms with E-state index in [0.29, 0.717) is 21.6 Å². The molecule has 0 radical (unpaired) electrons. The maximum atomic E-state index is 11.3. The summed E-state index contributed by atoms with van der Waals surface area (Å²) in [5, 5.41) is 0.952. The predicted molar refractivity (Wildman–Crippen MR) is 56.2 cm³/mol. The molecule has 0 spiro atoms. The molecule has 2 aromatic heterocycles. The average Bonchev–Trinajstić information content (AvgIpc) is 2.68. The number of H-pyrrole nitrogens is 1. The van der Waals surface area contributed by atoms with E-state index in [2.05, 4.69) is 9.97 Å². The molecule has 5 heteroatoms. The van der Waals surface area contributed by atoms with E-state index >= 15 is 0 Å². The van der Waals surface area contributed by atoms with Gasteiger partial charge < -0.3 is 4.98 Å². The molecule has 2 heterocycles. The number of ketones is 1. The highest BCUT2D eigenvalue weighted by Crippen LogP contribution is 2.26. The number of carbonyl (C=O) groups excluding carboxylic acids is 2. The number of nitrogens with zero attached hydrogens (tertiary/aromatic N) is 1. The third-order valence-electron chi connectivity index (χ3n) is 2.22. The summed E-state index contributed by atoms with van der Waals surface area (Å²) in [5.74, 6) is -0.563. The van der Waals surface area contributed by atoms with Crippen molar-refractivity contribution in [2.24, 2.45) is 0 Å². The monoisotopic (exact) mass is 222 g/mol. The number of halogens is 1. The number of Topliss-reactive ketones (excluding diaryl/α,β-unsaturated/α-hetero) is 1. The van der Waals surface area contributed by atoms with Gasteiger partial charge in [-0.1, -0.05) is 11.6 Å². The van der Waals surface area contributed by atoms with Gasteiger partial charge in [-0.25, -0.2) is 4.98 Å². The number of hydrogen-bond donors (Lipinski definition) is 1. The van der Waals surface area contributed by atoms with E-state index in [1.165, 1.54) is 6.20 Å². The van der Waals surface area contributed by atoms with Crippen molar-refractivity contribution in [1.82, 2.24) is 9.97 Å². The van der Waals surface area contributed by atoms with Crippen LogP contribution in [0.4, 0.5) is 0 Å². The second kappa shape index (κ2) is 3.47. The van der Waals surface area contributed by atoms with Gasteiger partial charge in [-0.15, -0.1) is 0 Å². The molecule has 0 bridgehead atoms. The zero-order chi connectivity index (χ0) is 11.0. The van der Waals surface area contributed by atoms with Crippen LogP contribution in [0, 0.1) is 6.92 Å². The van der Waals surface area contributed by atoms with Crippen molar-refractivity contribution in [3.05, 3.63) is 28.7 Å². The third-order valence-corrected chi connectivity index (χ3v) is 2.51. The Morgan fingerprint density at radius 3 is 3.00 bits per heavy atom. The Balaban J connectivity index is 2.84. The van der Waals surface area contributed by atoms with Crippen LogP contribution in [0.25, 0.3) is 10.9 Å². The topological polar surface area (TPSA) is 62.8 Å². The lowest BCUT2D eigenvalue weighted by atomic mass is 10.1. The molecular formula is C10H7ClN2O2. The van der Waals surface area contributed by atoms with Crippen molar-refractivity contribution in [1.29, 1.82) is 0 Å². The van der Waals surface area contributed by atoms with Crippen LogP contribution in [0.5, 0.6) is 0 Å². The fourth-order valence-electron chi connectivity index (χ4n) is 1.54. The molecule has 2 rings (SSSR count). The highest BCUT2D eigenvalue weighted by molar-refractivity contribution is 6.39. The number of rotatable bonds is 2. The molecule has 76 valence electrons. The molecule has 0 aromatic carbocycles. The van der Waals surface area contributed by atoms with Crippen LogP contribution in [0.15, 0.2) is 12.4 Å². The summed E-state index contributed by atoms with van der Waals surface area (Å²) in [6.45, 7) is 1.81. The van der Waals surface area contributed by atoms with E-state index in [0.717, 1.165) is 5.56 Å². The summed E-state index contributed by atoms with van der Waals surface area (Å²) in [4.78, 5) is 28.5. The van der Waals surface area contributed by atoms with Gasteiger partial charge in [0.2, 0.25) is 5.78 Å². The average molecular weight is 223 g/mol. The van der Waals surface area contributed by atoms with Crippen LogP contribution >= 0.6 is 11.6 Å². The zero-order valence-corrected chi connectivity index (χ0v) is 8.63. The first-order valence-corrected chi connectivity index (χ1v) is 4.64. The molecule has 0 saturated carbocycles. The molecule has 4 nitrogen and oxygen atoms in total. The molecule has 0 atom stereocenters. The number of fused-ring (bicyclic) bond motifs is 1. The fourth-order valence-corrected chi connectivity index (χ4v) is 1.73. The second-order valence-electron chi connectivity index (χ2n) is 3.17. The molecule has 0 unspecified atom stereocenters. The van der Waals surface area contributed by atoms with Crippen LogP contribution in [-0.4, -0.2) is 22.0 Å². The van der Waals surface area contributed by atoms with Crippen LogP contribution in [0.3, 0.4) is 0 Å². The maximum absolute atomic E-state index is 11.3. The summed E-state index contributed by atoms with van der Waals surface area (Å²) in [7, 11) is 0. The first-order chi connectivity index (χ1) is 7.15. The molecule has 15 heavy (non-hydrogen) atoms. The van der Waals surface area contributed by atoms with Crippen LogP contribution in [0.2, 0.25) is 5.15 Å². The first-order valence-electron chi connectivity index (χ1n) is 4.27. The number of pyridine rings is 1. The molecule has 0 aliphatic heterocycles. The Kier molecular flexibility index (Phi) is 2.28. The molecule has 0 amide bonds. The quantitative estimate of drug-likeness (QED) is 0.365. The number of aldehydes is 1. The van der Waals surface area contributed by atoms with E-state index in [1.54, 1.807) is 13.1 Å². The standard InChI is InChI=1S/C10H7ClN2O2/c1-5-2-13-10(11)9-8(5)6(3-12-9)7(15)4-14/h2-4,12H,1H3. The van der Waals surface area contributed by atoms with Crippen molar-refractivity contribution in [3.8, 4) is 0 Å². The highest BCUT2D eigenvalue weighted by Gasteiger charge is 2.15. The normalized spacial score (nSPS) is 10.5. The lowest BCUT2D eigenvalue weighted by Crippen LogP contribution is -1.99. The van der Waals surface area contributed by atoms with E-state index in [-0.39, 0.29) is 6.29 Å². The molecule has 0 aliphatic carbocycles. The summed E-state index contributed by atoms with van der Waals surface area (Å²) in [5.41, 5.74) is 1.73. The van der Waals surface area contributed by atoms with Gasteiger partial charge in [0.1, 0.15) is 0 Å². The lowest BCUT2D eigenvalue weighted by molar-refractivity contribution is -0.104. The molecule has 0 saturated heterocycles. The van der Waals surface area contributed by atoms with E-state index in [4.69, 9.17) is 11.6 Å². The maximum Gasteiger partial charge on any atom is 0.227 e. The molecule has 2 aromatic rings. The number of carbonyl (C=O) groups is 2. The molecule has 1 N–H and O–H groups in total. The number of aromatic nitrogens is 2. The largest absolute Gasteiger partial charge is 0.358 e. The Labute approximate surface area is 90.3 Å². The van der Waals surface area contributed by atoms with E-state index < -0.39 is 5.78 Å². The van der Waals surface area contributed by atoms with Gasteiger partial charge in [-0.3, -0.25) is 9.59 Å². The number of hydrogen-bond acceptors (Lipinski definition) is 3. The van der Waals surface area contributed by atoms with Crippen LogP contribution < -0.4 is 0 Å². The minimum absolute atomic E-state index is 0.288. The van der Waals surface area contributed by atoms with Crippen molar-refractivity contribution >= 4 is 34.6 Å². The van der Waals surface area contributed by atoms with Gasteiger partial charge in [0.25, 0.3) is 0 Å². The van der Waals surface area contributed by atoms with Gasteiger partial charge in [-0.2, -0.15) is 0 Å². The van der Waals surface area contributed by atoms with Gasteiger partial charge >= 0.3 is 0 Å². The summed E-state index contributed by atoms with van der Waals surface area (Å²) < 4.78 is 0. The Morgan fingerprint density at radius 2 is 2.33 bits per heavy atom. The van der Waals surface area contributed by atoms with Crippen molar-refractivity contribution in [2.75, 3.05) is 0 Å². The molecule has 0 aliphatic rings. The Bertz CT molecular complexity index is 560. The minimum atomic E-state index is -0.563. The molecular weight excluding hydrogens is 216 g/mol. The first kappa shape index (κ1) is 9.86. The van der Waals surface area contributed by atoms with Gasteiger partial charge in [0.05, 0.1) is 11.1 Å². The summed E-state index contributed by atoms with van der Waals surface area (Å²) >= 11 is 5.85. The summed E-state index contributed by atoms with van der Waals surface area (Å²) in [6, 6.07) is 0. The van der Waals surface area contributed by atoms with Gasteiger partial charge in [-0.05, 0) is 12.5 Å². The van der Waals surface area contributed by atoms with Crippen LogP contribution in [0.1, 0.15) is 15.9 Å². The third kappa shape index (κ3) is 1.43. The smallest absolute Gasteiger partial charge is 0.227 e. The summed E-state index contributed by atoms with van der Waals surface area (Å²) in [6.07, 6.45) is 3.33. The molecule has 0 fully saturated rings. The van der Waals surface area contributed by atoms with Crippen molar-refractivity contribution in [3.63, 3.8) is 0 Å². The van der Waals surface area contributed by atoms with Crippen molar-refractivity contribution in [2.45, 2.75) is 6.92 Å². The van der Waals surface area contributed by atoms with E-state index in [9.17, 15) is 9.59 Å². The SMILES string of the molecule is Cc1cnc(Cl)c2[nH]cc(C(=O)C=O)c12. The minimum Gasteiger partial charge on any atom is -0.358 e. The number of nitrogens with one attached hydrogen (secondary N) is 1. The Morgan fingerprint density at radius 1 is 1.60 bits per heavy atom. The lowest BCUT2D eigenvalue weighted by Gasteiger charge is -1.98. The highest BCUT2D eigenvalue weighted by atomic mass is 35.5. The number of aryl methyl sites for hydroxylation is 1. The fraction of sp³-hybridized carbons (Fsp3) is 0.100. The zero-order valence-electron chi connectivity index (χ0n) is 7.87. The van der Waals surface area contributed by atoms with E-state index in [1.807, 2.05) is 0 Å². The second-order valence-corrected chi connectivity index (χ2v) is 3.52. The number of aromatic amines is 1. The Hall–Kier alpha value is -1.68. The van der Waals surface area contributed by atoms with Crippen molar-refractivity contribution < 1.29 is 9.59 Å². The van der Waals surface area contributed by atoms with Gasteiger partial charge in [0, 0.05) is 17.8 Å².